The molecule has 0 fully saturated rings. The Hall–Kier alpha value is -3.26. The van der Waals surface area contributed by atoms with Crippen LogP contribution in [0.2, 0.25) is 0 Å². The van der Waals surface area contributed by atoms with Gasteiger partial charge in [-0.1, -0.05) is 5.16 Å². The van der Waals surface area contributed by atoms with Crippen molar-refractivity contribution in [1.29, 1.82) is 0 Å². The first-order chi connectivity index (χ1) is 13.2. The fourth-order valence-corrected chi connectivity index (χ4v) is 3.59. The number of H-pyrrole nitrogens is 1. The molecule has 8 heteroatoms. The van der Waals surface area contributed by atoms with Crippen LogP contribution in [0.15, 0.2) is 35.1 Å². The summed E-state index contributed by atoms with van der Waals surface area (Å²) in [6.07, 6.45) is 4.85. The van der Waals surface area contributed by atoms with E-state index in [-0.39, 0.29) is 0 Å². The summed E-state index contributed by atoms with van der Waals surface area (Å²) in [5, 5.41) is 15.0. The number of hydrogen-bond acceptors (Lipinski definition) is 6. The monoisotopic (exact) mass is 361 g/mol. The van der Waals surface area contributed by atoms with E-state index in [1.54, 1.807) is 0 Å². The molecule has 0 aliphatic carbocycles. The topological polar surface area (TPSA) is 97.5 Å². The molecule has 4 aromatic heterocycles. The molecule has 5 heterocycles. The van der Waals surface area contributed by atoms with Gasteiger partial charge in [0.15, 0.2) is 0 Å². The molecule has 0 bridgehead atoms. The van der Waals surface area contributed by atoms with E-state index in [2.05, 4.69) is 30.6 Å². The molecule has 136 valence electrons. The summed E-state index contributed by atoms with van der Waals surface area (Å²) in [6, 6.07) is 5.91. The van der Waals surface area contributed by atoms with Crippen LogP contribution < -0.4 is 5.32 Å². The zero-order valence-corrected chi connectivity index (χ0v) is 15.2. The number of nitrogens with zero attached hydrogens (tertiary/aromatic N) is 5. The number of fused-ring (bicyclic) bond motifs is 1. The van der Waals surface area contributed by atoms with E-state index in [1.165, 1.54) is 11.1 Å². The lowest BCUT2D eigenvalue weighted by molar-refractivity contribution is 0.430. The van der Waals surface area contributed by atoms with Crippen molar-refractivity contribution in [1.82, 2.24) is 35.2 Å². The third kappa shape index (κ3) is 2.65. The summed E-state index contributed by atoms with van der Waals surface area (Å²) in [5.74, 6) is 0.993. The van der Waals surface area contributed by atoms with Crippen molar-refractivity contribution in [2.75, 3.05) is 6.54 Å². The van der Waals surface area contributed by atoms with Gasteiger partial charge < -0.3 is 14.4 Å². The summed E-state index contributed by atoms with van der Waals surface area (Å²) >= 11 is 0. The van der Waals surface area contributed by atoms with Gasteiger partial charge in [0, 0.05) is 37.2 Å². The first-order valence-corrected chi connectivity index (χ1v) is 8.90. The van der Waals surface area contributed by atoms with Crippen LogP contribution in [-0.2, 0) is 20.0 Å². The van der Waals surface area contributed by atoms with Gasteiger partial charge in [0.2, 0.25) is 5.82 Å². The van der Waals surface area contributed by atoms with Crippen molar-refractivity contribution in [3.63, 3.8) is 0 Å². The summed E-state index contributed by atoms with van der Waals surface area (Å²) in [6.45, 7) is 3.74. The third-order valence-corrected chi connectivity index (χ3v) is 5.00. The number of rotatable bonds is 3. The fraction of sp³-hybridized carbons (Fsp3) is 0.263. The van der Waals surface area contributed by atoms with Crippen LogP contribution in [0.5, 0.6) is 0 Å². The third-order valence-electron chi connectivity index (χ3n) is 5.00. The Morgan fingerprint density at radius 3 is 3.07 bits per heavy atom. The minimum Gasteiger partial charge on any atom is -0.349 e. The largest absolute Gasteiger partial charge is 0.349 e. The van der Waals surface area contributed by atoms with Gasteiger partial charge in [-0.05, 0) is 49.2 Å². The average Bonchev–Trinajstić information content (AvgIpc) is 3.41. The summed E-state index contributed by atoms with van der Waals surface area (Å²) in [4.78, 5) is 9.13. The lowest BCUT2D eigenvalue weighted by atomic mass is 9.95. The molecule has 5 rings (SSSR count). The Bertz CT molecular complexity index is 1120. The Balaban J connectivity index is 1.53. The molecular formula is C19H19N7O. The van der Waals surface area contributed by atoms with Gasteiger partial charge in [0.05, 0.1) is 5.69 Å². The van der Waals surface area contributed by atoms with E-state index in [0.717, 1.165) is 42.2 Å². The molecule has 0 radical (unpaired) electrons. The van der Waals surface area contributed by atoms with Crippen molar-refractivity contribution >= 4 is 0 Å². The molecular weight excluding hydrogens is 342 g/mol. The predicted octanol–water partition coefficient (Wildman–Crippen LogP) is 2.48. The van der Waals surface area contributed by atoms with E-state index in [9.17, 15) is 0 Å². The molecule has 27 heavy (non-hydrogen) atoms. The summed E-state index contributed by atoms with van der Waals surface area (Å²) in [7, 11) is 1.98. The molecule has 1 aliphatic heterocycles. The van der Waals surface area contributed by atoms with Crippen molar-refractivity contribution in [3.8, 4) is 34.4 Å². The van der Waals surface area contributed by atoms with Crippen LogP contribution in [-0.4, -0.2) is 36.4 Å². The van der Waals surface area contributed by atoms with Gasteiger partial charge in [-0.2, -0.15) is 10.1 Å². The van der Waals surface area contributed by atoms with E-state index in [1.807, 2.05) is 49.1 Å². The van der Waals surface area contributed by atoms with Crippen LogP contribution in [0.4, 0.5) is 0 Å². The summed E-state index contributed by atoms with van der Waals surface area (Å²) in [5.41, 5.74) is 6.88. The number of aromatic nitrogens is 6. The maximum atomic E-state index is 5.53. The smallest absolute Gasteiger partial charge is 0.276 e. The van der Waals surface area contributed by atoms with E-state index >= 15 is 0 Å². The predicted molar refractivity (Wildman–Crippen MR) is 99.7 cm³/mol. The first kappa shape index (κ1) is 16.0. The lowest BCUT2D eigenvalue weighted by Crippen LogP contribution is -2.24. The zero-order valence-electron chi connectivity index (χ0n) is 15.2. The Kier molecular flexibility index (Phi) is 3.64. The molecule has 0 aromatic carbocycles. The Labute approximate surface area is 155 Å². The molecule has 0 spiro atoms. The van der Waals surface area contributed by atoms with Gasteiger partial charge >= 0.3 is 0 Å². The van der Waals surface area contributed by atoms with Crippen molar-refractivity contribution < 1.29 is 4.52 Å². The normalized spacial score (nSPS) is 13.7. The number of aromatic amines is 1. The standard InChI is InChI=1S/C19H19N7O/c1-11-17(13-5-6-20-9-12(13)10-21-11)18-22-19(27-25-18)15-8-14(23-24-15)16-4-3-7-26(16)2/h3-4,7-8,10,20H,5-6,9H2,1-2H3,(H,23,24). The molecule has 0 saturated carbocycles. The average molecular weight is 361 g/mol. The van der Waals surface area contributed by atoms with Crippen molar-refractivity contribution in [3.05, 3.63) is 47.4 Å². The Morgan fingerprint density at radius 1 is 1.30 bits per heavy atom. The van der Waals surface area contributed by atoms with E-state index in [0.29, 0.717) is 17.4 Å². The number of pyridine rings is 1. The quantitative estimate of drug-likeness (QED) is 0.582. The highest BCUT2D eigenvalue weighted by atomic mass is 16.5. The minimum absolute atomic E-state index is 0.420. The lowest BCUT2D eigenvalue weighted by Gasteiger charge is -2.19. The van der Waals surface area contributed by atoms with Crippen LogP contribution in [0.3, 0.4) is 0 Å². The van der Waals surface area contributed by atoms with Gasteiger partial charge in [-0.3, -0.25) is 10.1 Å². The first-order valence-electron chi connectivity index (χ1n) is 8.90. The van der Waals surface area contributed by atoms with Crippen LogP contribution >= 0.6 is 0 Å². The second-order valence-electron chi connectivity index (χ2n) is 6.74. The highest BCUT2D eigenvalue weighted by Crippen LogP contribution is 2.30. The van der Waals surface area contributed by atoms with Crippen molar-refractivity contribution in [2.24, 2.45) is 7.05 Å². The maximum absolute atomic E-state index is 5.53. The highest BCUT2D eigenvalue weighted by molar-refractivity contribution is 5.67. The zero-order chi connectivity index (χ0) is 18.4. The molecule has 0 unspecified atom stereocenters. The SMILES string of the molecule is Cc1ncc2c(c1-c1noc(-c3cc(-c4cccn4C)n[nH]3)n1)CCNC2. The molecule has 0 amide bonds. The second kappa shape index (κ2) is 6.17. The molecule has 4 aromatic rings. The van der Waals surface area contributed by atoms with Crippen LogP contribution in [0, 0.1) is 6.92 Å². The molecule has 0 atom stereocenters. The minimum atomic E-state index is 0.420. The number of aryl methyl sites for hydroxylation is 2. The van der Waals surface area contributed by atoms with Gasteiger partial charge in [-0.25, -0.2) is 0 Å². The molecule has 8 nitrogen and oxygen atoms in total. The van der Waals surface area contributed by atoms with Crippen LogP contribution in [0.25, 0.3) is 34.4 Å². The van der Waals surface area contributed by atoms with Crippen LogP contribution in [0.1, 0.15) is 16.8 Å². The highest BCUT2D eigenvalue weighted by Gasteiger charge is 2.22. The number of nitrogens with one attached hydrogen (secondary N) is 2. The summed E-state index contributed by atoms with van der Waals surface area (Å²) < 4.78 is 7.54. The second-order valence-corrected chi connectivity index (χ2v) is 6.74. The van der Waals surface area contributed by atoms with E-state index in [4.69, 9.17) is 4.52 Å². The van der Waals surface area contributed by atoms with Gasteiger partial charge in [-0.15, -0.1) is 0 Å². The van der Waals surface area contributed by atoms with Crippen molar-refractivity contribution in [2.45, 2.75) is 19.9 Å². The fourth-order valence-electron chi connectivity index (χ4n) is 3.59. The maximum Gasteiger partial charge on any atom is 0.276 e. The van der Waals surface area contributed by atoms with E-state index < -0.39 is 0 Å². The number of hydrogen-bond donors (Lipinski definition) is 2. The molecule has 0 saturated heterocycles. The molecule has 2 N–H and O–H groups in total. The Morgan fingerprint density at radius 2 is 2.22 bits per heavy atom. The van der Waals surface area contributed by atoms with Gasteiger partial charge in [0.25, 0.3) is 5.89 Å². The van der Waals surface area contributed by atoms with Gasteiger partial charge in [0.1, 0.15) is 11.4 Å². The molecule has 1 aliphatic rings.